The van der Waals surface area contributed by atoms with Gasteiger partial charge in [-0.25, -0.2) is 0 Å². The molecule has 0 aliphatic rings. The van der Waals surface area contributed by atoms with Crippen LogP contribution in [-0.4, -0.2) is 17.4 Å². The van der Waals surface area contributed by atoms with Gasteiger partial charge in [-0.15, -0.1) is 0 Å². The van der Waals surface area contributed by atoms with Crippen molar-refractivity contribution >= 4 is 5.84 Å². The third kappa shape index (κ3) is 3.92. The van der Waals surface area contributed by atoms with Gasteiger partial charge >= 0.3 is 0 Å². The number of nitrogens with zero attached hydrogens (tertiary/aromatic N) is 3. The largest absolute Gasteiger partial charge is 0.277 e. The predicted octanol–water partition coefficient (Wildman–Crippen LogP) is 2.45. The molecule has 4 nitrogen and oxygen atoms in total. The molecule has 4 heteroatoms. The average Bonchev–Trinajstić information content (AvgIpc) is 2.47. The van der Waals surface area contributed by atoms with Crippen molar-refractivity contribution in [2.24, 2.45) is 4.99 Å². The van der Waals surface area contributed by atoms with Crippen molar-refractivity contribution in [3.63, 3.8) is 0 Å². The van der Waals surface area contributed by atoms with Crippen molar-refractivity contribution < 1.29 is 0 Å². The minimum Gasteiger partial charge on any atom is -0.277 e. The van der Waals surface area contributed by atoms with E-state index in [0.717, 1.165) is 12.0 Å². The molecule has 0 bridgehead atoms. The smallest absolute Gasteiger partial charge is 0.182 e. The highest BCUT2D eigenvalue weighted by molar-refractivity contribution is 5.99. The van der Waals surface area contributed by atoms with Gasteiger partial charge in [-0.3, -0.25) is 15.3 Å². The number of hydrogen-bond acceptors (Lipinski definition) is 3. The maximum atomic E-state index is 8.79. The summed E-state index contributed by atoms with van der Waals surface area (Å²) in [6, 6.07) is 12.1. The highest BCUT2D eigenvalue weighted by atomic mass is 15.0. The number of nitrogens with one attached hydrogen (secondary N) is 1. The summed E-state index contributed by atoms with van der Waals surface area (Å²) >= 11 is 0. The van der Waals surface area contributed by atoms with Gasteiger partial charge in [0.15, 0.2) is 6.19 Å². The fourth-order valence-electron chi connectivity index (χ4n) is 1.92. The Labute approximate surface area is 118 Å². The highest BCUT2D eigenvalue weighted by Gasteiger charge is 2.02. The number of hydrogen-bond donors (Lipinski definition) is 1. The molecule has 0 atom stereocenters. The summed E-state index contributed by atoms with van der Waals surface area (Å²) in [5, 5.41) is 11.4. The van der Waals surface area contributed by atoms with E-state index in [9.17, 15) is 0 Å². The summed E-state index contributed by atoms with van der Waals surface area (Å²) in [6.07, 6.45) is 6.15. The molecule has 0 saturated heterocycles. The van der Waals surface area contributed by atoms with E-state index in [1.807, 2.05) is 24.4 Å². The highest BCUT2D eigenvalue weighted by Crippen LogP contribution is 2.05. The lowest BCUT2D eigenvalue weighted by atomic mass is 10.1. The van der Waals surface area contributed by atoms with E-state index in [-0.39, 0.29) is 0 Å². The van der Waals surface area contributed by atoms with E-state index in [2.05, 4.69) is 40.4 Å². The van der Waals surface area contributed by atoms with E-state index in [0.29, 0.717) is 12.4 Å². The molecule has 0 aliphatic heterocycles. The SMILES string of the molecule is Cc1cccc(CCN=C(NC#N)c2cccnc2)c1. The van der Waals surface area contributed by atoms with E-state index in [4.69, 9.17) is 5.26 Å². The molecule has 1 aromatic heterocycles. The summed E-state index contributed by atoms with van der Waals surface area (Å²) in [7, 11) is 0. The van der Waals surface area contributed by atoms with Gasteiger partial charge in [-0.05, 0) is 31.0 Å². The molecule has 0 aliphatic carbocycles. The summed E-state index contributed by atoms with van der Waals surface area (Å²) in [4.78, 5) is 8.49. The fraction of sp³-hybridized carbons (Fsp3) is 0.188. The Bertz CT molecular complexity index is 626. The number of aromatic nitrogens is 1. The third-order valence-corrected chi connectivity index (χ3v) is 2.86. The van der Waals surface area contributed by atoms with Gasteiger partial charge < -0.3 is 0 Å². The van der Waals surface area contributed by atoms with Crippen molar-refractivity contribution in [3.05, 3.63) is 65.5 Å². The first-order valence-corrected chi connectivity index (χ1v) is 6.45. The van der Waals surface area contributed by atoms with Gasteiger partial charge in [0, 0.05) is 24.5 Å². The molecule has 0 fully saturated rings. The van der Waals surface area contributed by atoms with Crippen LogP contribution >= 0.6 is 0 Å². The van der Waals surface area contributed by atoms with E-state index >= 15 is 0 Å². The zero-order valence-corrected chi connectivity index (χ0v) is 11.4. The Hall–Kier alpha value is -2.67. The Balaban J connectivity index is 2.05. The number of pyridine rings is 1. The number of aliphatic imine (C=N–C) groups is 1. The number of nitriles is 1. The normalized spacial score (nSPS) is 10.9. The standard InChI is InChI=1S/C16H16N4/c1-13-4-2-5-14(10-13)7-9-19-16(20-12-17)15-6-3-8-18-11-15/h2-6,8,10-11H,7,9H2,1H3,(H,19,20). The summed E-state index contributed by atoms with van der Waals surface area (Å²) in [5.41, 5.74) is 3.31. The van der Waals surface area contributed by atoms with E-state index < -0.39 is 0 Å². The van der Waals surface area contributed by atoms with Crippen LogP contribution in [-0.2, 0) is 6.42 Å². The van der Waals surface area contributed by atoms with Gasteiger partial charge in [0.05, 0.1) is 0 Å². The number of aryl methyl sites for hydroxylation is 1. The second kappa shape index (κ2) is 7.05. The number of benzene rings is 1. The minimum atomic E-state index is 0.563. The Morgan fingerprint density at radius 3 is 2.95 bits per heavy atom. The lowest BCUT2D eigenvalue weighted by Gasteiger charge is -2.04. The molecule has 0 saturated carbocycles. The van der Waals surface area contributed by atoms with Crippen LogP contribution < -0.4 is 5.32 Å². The molecule has 100 valence electrons. The maximum Gasteiger partial charge on any atom is 0.182 e. The molecule has 0 radical (unpaired) electrons. The van der Waals surface area contributed by atoms with Crippen LogP contribution in [0.25, 0.3) is 0 Å². The first kappa shape index (κ1) is 13.8. The van der Waals surface area contributed by atoms with Crippen molar-refractivity contribution in [2.45, 2.75) is 13.3 Å². The van der Waals surface area contributed by atoms with Gasteiger partial charge in [-0.1, -0.05) is 29.8 Å². The molecule has 2 aromatic rings. The minimum absolute atomic E-state index is 0.563. The van der Waals surface area contributed by atoms with Crippen LogP contribution in [0.1, 0.15) is 16.7 Å². The van der Waals surface area contributed by atoms with Gasteiger partial charge in [0.2, 0.25) is 0 Å². The summed E-state index contributed by atoms with van der Waals surface area (Å²) in [6.45, 7) is 2.70. The van der Waals surface area contributed by atoms with Crippen LogP contribution in [0.2, 0.25) is 0 Å². The Kier molecular flexibility index (Phi) is 4.85. The molecular weight excluding hydrogens is 248 g/mol. The van der Waals surface area contributed by atoms with Gasteiger partial charge in [0.25, 0.3) is 0 Å². The molecule has 1 heterocycles. The first-order chi connectivity index (χ1) is 9.79. The van der Waals surface area contributed by atoms with Gasteiger partial charge in [-0.2, -0.15) is 5.26 Å². The first-order valence-electron chi connectivity index (χ1n) is 6.45. The second-order valence-electron chi connectivity index (χ2n) is 4.45. The van der Waals surface area contributed by atoms with Crippen LogP contribution in [0.15, 0.2) is 53.8 Å². The molecule has 20 heavy (non-hydrogen) atoms. The molecule has 2 rings (SSSR count). The van der Waals surface area contributed by atoms with Crippen LogP contribution in [0.4, 0.5) is 0 Å². The average molecular weight is 264 g/mol. The molecular formula is C16H16N4. The Morgan fingerprint density at radius 2 is 2.25 bits per heavy atom. The number of amidine groups is 1. The lowest BCUT2D eigenvalue weighted by molar-refractivity contribution is 0.956. The Morgan fingerprint density at radius 1 is 1.35 bits per heavy atom. The molecule has 0 amide bonds. The van der Waals surface area contributed by atoms with Crippen molar-refractivity contribution in [1.29, 1.82) is 5.26 Å². The van der Waals surface area contributed by atoms with Gasteiger partial charge in [0.1, 0.15) is 5.84 Å². The number of rotatable bonds is 4. The van der Waals surface area contributed by atoms with Crippen LogP contribution in [0.5, 0.6) is 0 Å². The monoisotopic (exact) mass is 264 g/mol. The van der Waals surface area contributed by atoms with E-state index in [1.54, 1.807) is 12.4 Å². The third-order valence-electron chi connectivity index (χ3n) is 2.86. The predicted molar refractivity (Wildman–Crippen MR) is 79.3 cm³/mol. The van der Waals surface area contributed by atoms with Crippen LogP contribution in [0.3, 0.4) is 0 Å². The quantitative estimate of drug-likeness (QED) is 0.399. The lowest BCUT2D eigenvalue weighted by Crippen LogP contribution is -2.20. The molecule has 1 aromatic carbocycles. The molecule has 1 N–H and O–H groups in total. The zero-order chi connectivity index (χ0) is 14.2. The maximum absolute atomic E-state index is 8.79. The van der Waals surface area contributed by atoms with Crippen molar-refractivity contribution in [1.82, 2.24) is 10.3 Å². The van der Waals surface area contributed by atoms with Crippen molar-refractivity contribution in [3.8, 4) is 6.19 Å². The fourth-order valence-corrected chi connectivity index (χ4v) is 1.92. The van der Waals surface area contributed by atoms with E-state index in [1.165, 1.54) is 11.1 Å². The molecule has 0 unspecified atom stereocenters. The second-order valence-corrected chi connectivity index (χ2v) is 4.45. The molecule has 0 spiro atoms. The summed E-state index contributed by atoms with van der Waals surface area (Å²) in [5.74, 6) is 0.563. The zero-order valence-electron chi connectivity index (χ0n) is 11.4. The topological polar surface area (TPSA) is 61.1 Å². The van der Waals surface area contributed by atoms with Crippen LogP contribution in [0, 0.1) is 18.4 Å². The summed E-state index contributed by atoms with van der Waals surface area (Å²) < 4.78 is 0. The van der Waals surface area contributed by atoms with Crippen molar-refractivity contribution in [2.75, 3.05) is 6.54 Å².